The SMILES string of the molecule is O=C(O)N(c1ccc([N+](=O)[O-])cc1)c1cccnc1. The van der Waals surface area contributed by atoms with Crippen molar-refractivity contribution < 1.29 is 14.8 Å². The van der Waals surface area contributed by atoms with Crippen LogP contribution in [0.1, 0.15) is 0 Å². The van der Waals surface area contributed by atoms with Crippen LogP contribution in [0.15, 0.2) is 48.8 Å². The number of aromatic nitrogens is 1. The van der Waals surface area contributed by atoms with Crippen molar-refractivity contribution in [1.29, 1.82) is 0 Å². The molecule has 0 aliphatic heterocycles. The quantitative estimate of drug-likeness (QED) is 0.675. The number of hydrogen-bond donors (Lipinski definition) is 1. The highest BCUT2D eigenvalue weighted by Crippen LogP contribution is 2.26. The van der Waals surface area contributed by atoms with Gasteiger partial charge in [0.25, 0.3) is 5.69 Å². The largest absolute Gasteiger partial charge is 0.464 e. The minimum atomic E-state index is -1.19. The van der Waals surface area contributed by atoms with Crippen LogP contribution in [0.25, 0.3) is 0 Å². The van der Waals surface area contributed by atoms with Crippen molar-refractivity contribution in [2.45, 2.75) is 0 Å². The van der Waals surface area contributed by atoms with Crippen molar-refractivity contribution in [3.63, 3.8) is 0 Å². The maximum absolute atomic E-state index is 11.3. The number of amides is 1. The van der Waals surface area contributed by atoms with Crippen molar-refractivity contribution in [1.82, 2.24) is 4.98 Å². The summed E-state index contributed by atoms with van der Waals surface area (Å²) < 4.78 is 0. The van der Waals surface area contributed by atoms with Crippen LogP contribution in [0.3, 0.4) is 0 Å². The topological polar surface area (TPSA) is 96.6 Å². The molecule has 1 aromatic carbocycles. The first kappa shape index (κ1) is 12.5. The summed E-state index contributed by atoms with van der Waals surface area (Å²) in [5, 5.41) is 19.8. The molecule has 7 heteroatoms. The van der Waals surface area contributed by atoms with Gasteiger partial charge in [0, 0.05) is 18.3 Å². The maximum Gasteiger partial charge on any atom is 0.416 e. The molecule has 1 amide bonds. The fraction of sp³-hybridized carbons (Fsp3) is 0. The molecule has 96 valence electrons. The smallest absolute Gasteiger partial charge is 0.416 e. The molecule has 0 fully saturated rings. The van der Waals surface area contributed by atoms with Gasteiger partial charge in [-0.25, -0.2) is 9.69 Å². The normalized spacial score (nSPS) is 9.89. The summed E-state index contributed by atoms with van der Waals surface area (Å²) in [6, 6.07) is 8.45. The Morgan fingerprint density at radius 3 is 2.37 bits per heavy atom. The highest BCUT2D eigenvalue weighted by molar-refractivity contribution is 5.94. The minimum Gasteiger partial charge on any atom is -0.464 e. The molecule has 0 radical (unpaired) electrons. The van der Waals surface area contributed by atoms with E-state index in [9.17, 15) is 20.0 Å². The van der Waals surface area contributed by atoms with E-state index in [-0.39, 0.29) is 5.69 Å². The Balaban J connectivity index is 2.40. The average molecular weight is 259 g/mol. The van der Waals surface area contributed by atoms with Gasteiger partial charge in [-0.05, 0) is 24.3 Å². The monoisotopic (exact) mass is 259 g/mol. The summed E-state index contributed by atoms with van der Waals surface area (Å²) in [4.78, 5) is 26.1. The van der Waals surface area contributed by atoms with Crippen LogP contribution in [0.4, 0.5) is 21.9 Å². The second-order valence-corrected chi connectivity index (χ2v) is 3.60. The van der Waals surface area contributed by atoms with E-state index in [0.717, 1.165) is 4.90 Å². The summed E-state index contributed by atoms with van der Waals surface area (Å²) >= 11 is 0. The molecule has 0 saturated heterocycles. The van der Waals surface area contributed by atoms with Crippen LogP contribution in [0.2, 0.25) is 0 Å². The third-order valence-electron chi connectivity index (χ3n) is 2.41. The fourth-order valence-corrected chi connectivity index (χ4v) is 1.58. The minimum absolute atomic E-state index is 0.0970. The lowest BCUT2D eigenvalue weighted by Crippen LogP contribution is -2.23. The van der Waals surface area contributed by atoms with Gasteiger partial charge in [-0.3, -0.25) is 15.1 Å². The van der Waals surface area contributed by atoms with E-state index in [1.807, 2.05) is 0 Å². The molecule has 19 heavy (non-hydrogen) atoms. The predicted molar refractivity (Wildman–Crippen MR) is 67.5 cm³/mol. The van der Waals surface area contributed by atoms with Gasteiger partial charge < -0.3 is 5.11 Å². The molecule has 0 saturated carbocycles. The number of hydrogen-bond acceptors (Lipinski definition) is 4. The molecule has 1 N–H and O–H groups in total. The van der Waals surface area contributed by atoms with Crippen molar-refractivity contribution in [3.8, 4) is 0 Å². The standard InChI is InChI=1S/C12H9N3O4/c16-12(17)14(11-2-1-7-13-8-11)9-3-5-10(6-4-9)15(18)19/h1-8H,(H,16,17). The number of nitro groups is 1. The Labute approximate surface area is 107 Å². The lowest BCUT2D eigenvalue weighted by atomic mass is 10.2. The van der Waals surface area contributed by atoms with E-state index >= 15 is 0 Å². The molecular formula is C12H9N3O4. The molecule has 0 aliphatic carbocycles. The fourth-order valence-electron chi connectivity index (χ4n) is 1.58. The van der Waals surface area contributed by atoms with Crippen LogP contribution >= 0.6 is 0 Å². The lowest BCUT2D eigenvalue weighted by Gasteiger charge is -2.18. The highest BCUT2D eigenvalue weighted by atomic mass is 16.6. The number of anilines is 2. The molecule has 1 aromatic heterocycles. The number of benzene rings is 1. The molecule has 0 unspecified atom stereocenters. The van der Waals surface area contributed by atoms with Crippen LogP contribution in [-0.2, 0) is 0 Å². The number of non-ortho nitro benzene ring substituents is 1. The van der Waals surface area contributed by atoms with Gasteiger partial charge in [0.05, 0.1) is 22.5 Å². The van der Waals surface area contributed by atoms with Gasteiger partial charge in [0.2, 0.25) is 0 Å². The maximum atomic E-state index is 11.3. The number of carboxylic acid groups (broad SMARTS) is 1. The van der Waals surface area contributed by atoms with Crippen molar-refractivity contribution in [2.75, 3.05) is 4.90 Å². The van der Waals surface area contributed by atoms with E-state index < -0.39 is 11.0 Å². The van der Waals surface area contributed by atoms with Gasteiger partial charge in [0.15, 0.2) is 0 Å². The van der Waals surface area contributed by atoms with E-state index in [2.05, 4.69) is 4.98 Å². The van der Waals surface area contributed by atoms with Crippen LogP contribution in [0.5, 0.6) is 0 Å². The summed E-state index contributed by atoms with van der Waals surface area (Å²) in [6.07, 6.45) is 1.73. The highest BCUT2D eigenvalue weighted by Gasteiger charge is 2.17. The van der Waals surface area contributed by atoms with Crippen molar-refractivity contribution >= 4 is 23.2 Å². The first-order valence-corrected chi connectivity index (χ1v) is 5.27. The van der Waals surface area contributed by atoms with Crippen LogP contribution in [0, 0.1) is 10.1 Å². The number of carbonyl (C=O) groups is 1. The van der Waals surface area contributed by atoms with E-state index in [4.69, 9.17) is 0 Å². The summed E-state index contributed by atoms with van der Waals surface area (Å²) in [5.74, 6) is 0. The molecule has 1 heterocycles. The number of nitro benzene ring substituents is 1. The molecule has 0 aliphatic rings. The molecule has 2 aromatic rings. The first-order valence-electron chi connectivity index (χ1n) is 5.27. The van der Waals surface area contributed by atoms with Gasteiger partial charge in [-0.1, -0.05) is 0 Å². The zero-order chi connectivity index (χ0) is 13.8. The second kappa shape index (κ2) is 5.13. The molecule has 0 bridgehead atoms. The third-order valence-corrected chi connectivity index (χ3v) is 2.41. The molecule has 0 atom stereocenters. The van der Waals surface area contributed by atoms with E-state index in [1.54, 1.807) is 12.1 Å². The third kappa shape index (κ3) is 2.65. The Bertz CT molecular complexity index is 598. The zero-order valence-electron chi connectivity index (χ0n) is 9.63. The van der Waals surface area contributed by atoms with Crippen molar-refractivity contribution in [3.05, 3.63) is 58.9 Å². The number of nitrogens with zero attached hydrogens (tertiary/aromatic N) is 3. The number of rotatable bonds is 3. The van der Waals surface area contributed by atoms with E-state index in [1.165, 1.54) is 36.7 Å². The Morgan fingerprint density at radius 1 is 1.21 bits per heavy atom. The summed E-state index contributed by atoms with van der Waals surface area (Å²) in [6.45, 7) is 0. The molecular weight excluding hydrogens is 250 g/mol. The Kier molecular flexibility index (Phi) is 3.37. The Morgan fingerprint density at radius 2 is 1.89 bits per heavy atom. The Hall–Kier alpha value is -2.96. The van der Waals surface area contributed by atoms with E-state index in [0.29, 0.717) is 11.4 Å². The van der Waals surface area contributed by atoms with Crippen LogP contribution < -0.4 is 4.90 Å². The average Bonchev–Trinajstić information content (AvgIpc) is 2.40. The lowest BCUT2D eigenvalue weighted by molar-refractivity contribution is -0.384. The molecule has 2 rings (SSSR count). The van der Waals surface area contributed by atoms with Crippen molar-refractivity contribution in [2.24, 2.45) is 0 Å². The summed E-state index contributed by atoms with van der Waals surface area (Å²) in [5.41, 5.74) is 0.579. The second-order valence-electron chi connectivity index (χ2n) is 3.60. The van der Waals surface area contributed by atoms with Crippen LogP contribution in [-0.4, -0.2) is 21.1 Å². The van der Waals surface area contributed by atoms with Gasteiger partial charge in [0.1, 0.15) is 0 Å². The van der Waals surface area contributed by atoms with Gasteiger partial charge in [-0.15, -0.1) is 0 Å². The zero-order valence-corrected chi connectivity index (χ0v) is 9.63. The van der Waals surface area contributed by atoms with Gasteiger partial charge in [-0.2, -0.15) is 0 Å². The molecule has 7 nitrogen and oxygen atoms in total. The summed E-state index contributed by atoms with van der Waals surface area (Å²) in [7, 11) is 0. The predicted octanol–water partition coefficient (Wildman–Crippen LogP) is 2.81. The number of pyridine rings is 1. The van der Waals surface area contributed by atoms with Gasteiger partial charge >= 0.3 is 6.09 Å². The first-order chi connectivity index (χ1) is 9.09. The molecule has 0 spiro atoms.